The van der Waals surface area contributed by atoms with Gasteiger partial charge in [0, 0.05) is 6.42 Å². The predicted octanol–water partition coefficient (Wildman–Crippen LogP) is -0.493. The first-order chi connectivity index (χ1) is 10.0. The van der Waals surface area contributed by atoms with Crippen LogP contribution in [0.3, 0.4) is 0 Å². The van der Waals surface area contributed by atoms with Gasteiger partial charge in [0.1, 0.15) is 5.54 Å². The Hall–Kier alpha value is -1.84. The number of phenolic OH excluding ortho intramolecular Hbond substituents is 2. The Morgan fingerprint density at radius 1 is 1.36 bits per heavy atom. The Bertz CT molecular complexity index is 593. The molecule has 0 spiro atoms. The monoisotopic (exact) mass is 336 g/mol. The van der Waals surface area contributed by atoms with E-state index >= 15 is 0 Å². The maximum absolute atomic E-state index is 11.7. The van der Waals surface area contributed by atoms with E-state index in [2.05, 4.69) is 14.7 Å². The summed E-state index contributed by atoms with van der Waals surface area (Å²) in [7, 11) is -3.78. The molecule has 0 radical (unpaired) electrons. The number of phenols is 2. The first-order valence-corrected chi connectivity index (χ1v) is 7.41. The van der Waals surface area contributed by atoms with Crippen LogP contribution in [0.15, 0.2) is 12.1 Å². The molecule has 124 valence electrons. The van der Waals surface area contributed by atoms with Crippen LogP contribution in [0.2, 0.25) is 0 Å². The molecule has 10 nitrogen and oxygen atoms in total. The van der Waals surface area contributed by atoms with E-state index < -0.39 is 36.6 Å². The van der Waals surface area contributed by atoms with Gasteiger partial charge in [-0.1, -0.05) is 0 Å². The van der Waals surface area contributed by atoms with Crippen molar-refractivity contribution in [1.82, 2.24) is 5.43 Å². The van der Waals surface area contributed by atoms with Crippen molar-refractivity contribution >= 4 is 13.8 Å². The number of hydrazine groups is 1. The van der Waals surface area contributed by atoms with E-state index in [4.69, 9.17) is 15.6 Å². The molecule has 0 bridgehead atoms. The SMILES string of the molecule is COC(=O)[C@](C)(Cc1cc(O)c(OP(=O)(O)O)c(O)c1)NN. The lowest BCUT2D eigenvalue weighted by atomic mass is 9.93. The summed E-state index contributed by atoms with van der Waals surface area (Å²) in [5.41, 5.74) is 1.19. The number of carbonyl (C=O) groups excluding carboxylic acids is 1. The minimum absolute atomic E-state index is 0.0759. The largest absolute Gasteiger partial charge is 0.525 e. The molecule has 0 aliphatic carbocycles. The number of rotatable bonds is 6. The zero-order valence-electron chi connectivity index (χ0n) is 11.8. The highest BCUT2D eigenvalue weighted by Crippen LogP contribution is 2.47. The van der Waals surface area contributed by atoms with Gasteiger partial charge in [0.05, 0.1) is 7.11 Å². The van der Waals surface area contributed by atoms with Crippen LogP contribution in [0.4, 0.5) is 0 Å². The van der Waals surface area contributed by atoms with E-state index in [-0.39, 0.29) is 12.0 Å². The lowest BCUT2D eigenvalue weighted by molar-refractivity contribution is -0.147. The summed E-state index contributed by atoms with van der Waals surface area (Å²) in [4.78, 5) is 29.1. The summed E-state index contributed by atoms with van der Waals surface area (Å²) in [6, 6.07) is 2.15. The van der Waals surface area contributed by atoms with Crippen molar-refractivity contribution in [3.63, 3.8) is 0 Å². The Labute approximate surface area is 125 Å². The number of hydrogen-bond acceptors (Lipinski definition) is 8. The molecule has 0 aliphatic rings. The van der Waals surface area contributed by atoms with Gasteiger partial charge in [-0.3, -0.25) is 20.4 Å². The zero-order chi connectivity index (χ0) is 17.1. The average Bonchev–Trinajstić information content (AvgIpc) is 2.40. The molecule has 0 unspecified atom stereocenters. The molecule has 0 fully saturated rings. The lowest BCUT2D eigenvalue weighted by Gasteiger charge is -2.26. The quantitative estimate of drug-likeness (QED) is 0.172. The minimum Gasteiger partial charge on any atom is -0.504 e. The van der Waals surface area contributed by atoms with E-state index in [9.17, 15) is 19.6 Å². The number of aromatic hydroxyl groups is 2. The Kier molecular flexibility index (Phi) is 5.39. The molecule has 0 saturated carbocycles. The smallest absolute Gasteiger partial charge is 0.504 e. The minimum atomic E-state index is -4.95. The molecular weight excluding hydrogens is 319 g/mol. The number of ether oxygens (including phenoxy) is 1. The number of carbonyl (C=O) groups is 1. The predicted molar refractivity (Wildman–Crippen MR) is 73.9 cm³/mol. The first kappa shape index (κ1) is 18.2. The summed E-state index contributed by atoms with van der Waals surface area (Å²) in [5, 5.41) is 19.4. The van der Waals surface area contributed by atoms with Gasteiger partial charge in [-0.2, -0.15) is 0 Å². The second-order valence-corrected chi connectivity index (χ2v) is 5.85. The van der Waals surface area contributed by atoms with Gasteiger partial charge >= 0.3 is 13.8 Å². The van der Waals surface area contributed by atoms with Crippen LogP contribution < -0.4 is 15.8 Å². The number of phosphoric ester groups is 1. The van der Waals surface area contributed by atoms with Gasteiger partial charge in [0.2, 0.25) is 5.75 Å². The van der Waals surface area contributed by atoms with Crippen molar-refractivity contribution < 1.29 is 38.6 Å². The van der Waals surface area contributed by atoms with Crippen molar-refractivity contribution in [3.8, 4) is 17.2 Å². The summed E-state index contributed by atoms with van der Waals surface area (Å²) >= 11 is 0. The number of phosphoric acid groups is 1. The zero-order valence-corrected chi connectivity index (χ0v) is 12.7. The standard InChI is InChI=1S/C11H17N2O8P/c1-11(13-12,10(16)20-2)5-6-3-7(14)9(8(15)4-6)21-22(17,18)19/h3-4,13-15H,5,12H2,1-2H3,(H2,17,18,19)/t11-/m0/s1. The molecular formula is C11H17N2O8P. The molecule has 0 amide bonds. The fourth-order valence-electron chi connectivity index (χ4n) is 1.79. The van der Waals surface area contributed by atoms with Crippen LogP contribution >= 0.6 is 7.82 Å². The number of nitrogens with one attached hydrogen (secondary N) is 1. The van der Waals surface area contributed by atoms with Crippen molar-refractivity contribution in [2.24, 2.45) is 5.84 Å². The topological polar surface area (TPSA) is 172 Å². The van der Waals surface area contributed by atoms with Gasteiger partial charge in [0.15, 0.2) is 11.5 Å². The van der Waals surface area contributed by atoms with Crippen LogP contribution in [0.25, 0.3) is 0 Å². The third-order valence-electron chi connectivity index (χ3n) is 2.83. The molecule has 0 saturated heterocycles. The van der Waals surface area contributed by atoms with E-state index in [1.165, 1.54) is 14.0 Å². The van der Waals surface area contributed by atoms with Crippen LogP contribution in [-0.4, -0.2) is 38.6 Å². The second-order valence-electron chi connectivity index (χ2n) is 4.69. The molecule has 22 heavy (non-hydrogen) atoms. The highest BCUT2D eigenvalue weighted by Gasteiger charge is 2.34. The van der Waals surface area contributed by atoms with Gasteiger partial charge in [0.25, 0.3) is 0 Å². The summed E-state index contributed by atoms with van der Waals surface area (Å²) in [5.74, 6) is 2.46. The van der Waals surface area contributed by atoms with Crippen LogP contribution in [0.5, 0.6) is 17.2 Å². The van der Waals surface area contributed by atoms with E-state index in [0.717, 1.165) is 12.1 Å². The molecule has 0 aliphatic heterocycles. The second kappa shape index (κ2) is 6.51. The maximum atomic E-state index is 11.7. The van der Waals surface area contributed by atoms with E-state index in [1.54, 1.807) is 0 Å². The summed E-state index contributed by atoms with van der Waals surface area (Å²) < 4.78 is 19.5. The number of benzene rings is 1. The van der Waals surface area contributed by atoms with Crippen LogP contribution in [-0.2, 0) is 20.5 Å². The molecule has 1 atom stereocenters. The van der Waals surface area contributed by atoms with Crippen molar-refractivity contribution in [1.29, 1.82) is 0 Å². The van der Waals surface area contributed by atoms with Gasteiger partial charge < -0.3 is 19.5 Å². The molecule has 0 heterocycles. The van der Waals surface area contributed by atoms with Gasteiger partial charge in [-0.15, -0.1) is 0 Å². The van der Waals surface area contributed by atoms with Gasteiger partial charge in [-0.25, -0.2) is 9.99 Å². The van der Waals surface area contributed by atoms with Gasteiger partial charge in [-0.05, 0) is 24.6 Å². The number of esters is 1. The third kappa shape index (κ3) is 4.33. The molecule has 0 aromatic heterocycles. The molecule has 7 N–H and O–H groups in total. The average molecular weight is 336 g/mol. The van der Waals surface area contributed by atoms with Crippen LogP contribution in [0, 0.1) is 0 Å². The number of methoxy groups -OCH3 is 1. The molecule has 11 heteroatoms. The van der Waals surface area contributed by atoms with Crippen molar-refractivity contribution in [3.05, 3.63) is 17.7 Å². The summed E-state index contributed by atoms with van der Waals surface area (Å²) in [6.45, 7) is 1.44. The van der Waals surface area contributed by atoms with Crippen molar-refractivity contribution in [2.45, 2.75) is 18.9 Å². The molecule has 1 aromatic carbocycles. The fourth-order valence-corrected chi connectivity index (χ4v) is 2.21. The lowest BCUT2D eigenvalue weighted by Crippen LogP contribution is -2.55. The highest BCUT2D eigenvalue weighted by atomic mass is 31.2. The highest BCUT2D eigenvalue weighted by molar-refractivity contribution is 7.46. The number of hydrogen-bond donors (Lipinski definition) is 6. The normalized spacial score (nSPS) is 14.2. The Balaban J connectivity index is 3.14. The fraction of sp³-hybridized carbons (Fsp3) is 0.364. The molecule has 1 aromatic rings. The Morgan fingerprint density at radius 3 is 2.23 bits per heavy atom. The summed E-state index contributed by atoms with van der Waals surface area (Å²) in [6.07, 6.45) is -0.0759. The van der Waals surface area contributed by atoms with E-state index in [0.29, 0.717) is 0 Å². The maximum Gasteiger partial charge on any atom is 0.525 e. The Morgan fingerprint density at radius 2 is 1.86 bits per heavy atom. The van der Waals surface area contributed by atoms with E-state index in [1.807, 2.05) is 0 Å². The van der Waals surface area contributed by atoms with Crippen LogP contribution in [0.1, 0.15) is 12.5 Å². The van der Waals surface area contributed by atoms with Crippen molar-refractivity contribution in [2.75, 3.05) is 7.11 Å². The number of nitrogens with two attached hydrogens (primary N) is 1. The molecule has 1 rings (SSSR count). The third-order valence-corrected chi connectivity index (χ3v) is 3.25. The first-order valence-electron chi connectivity index (χ1n) is 5.88.